The van der Waals surface area contributed by atoms with Crippen LogP contribution >= 0.6 is 23.8 Å². The van der Waals surface area contributed by atoms with E-state index in [9.17, 15) is 4.39 Å². The van der Waals surface area contributed by atoms with E-state index in [-0.39, 0.29) is 6.61 Å². The molecule has 23 heavy (non-hydrogen) atoms. The van der Waals surface area contributed by atoms with Gasteiger partial charge in [0, 0.05) is 18.2 Å². The molecule has 0 spiro atoms. The van der Waals surface area contributed by atoms with Gasteiger partial charge in [-0.3, -0.25) is 5.43 Å². The quantitative estimate of drug-likeness (QED) is 0.492. The summed E-state index contributed by atoms with van der Waals surface area (Å²) >= 11 is 10.9. The topological polar surface area (TPSA) is 45.7 Å². The second-order valence-corrected chi connectivity index (χ2v) is 5.29. The summed E-state index contributed by atoms with van der Waals surface area (Å²) in [5, 5.41) is 7.48. The van der Waals surface area contributed by atoms with E-state index in [1.54, 1.807) is 31.5 Å². The van der Waals surface area contributed by atoms with Crippen molar-refractivity contribution in [2.75, 3.05) is 7.05 Å². The van der Waals surface area contributed by atoms with Crippen LogP contribution in [-0.4, -0.2) is 18.4 Å². The highest BCUT2D eigenvalue weighted by Gasteiger charge is 2.09. The molecule has 0 heterocycles. The summed E-state index contributed by atoms with van der Waals surface area (Å²) < 4.78 is 19.4. The fraction of sp³-hybridized carbons (Fsp3) is 0.125. The van der Waals surface area contributed by atoms with Crippen molar-refractivity contribution in [2.45, 2.75) is 6.61 Å². The number of nitrogens with zero attached hydrogens (tertiary/aromatic N) is 1. The van der Waals surface area contributed by atoms with E-state index in [1.165, 1.54) is 6.07 Å². The highest BCUT2D eigenvalue weighted by molar-refractivity contribution is 7.80. The van der Waals surface area contributed by atoms with E-state index in [0.29, 0.717) is 21.4 Å². The van der Waals surface area contributed by atoms with Crippen LogP contribution in [0.2, 0.25) is 5.02 Å². The minimum Gasteiger partial charge on any atom is -0.488 e. The average molecular weight is 352 g/mol. The van der Waals surface area contributed by atoms with Gasteiger partial charge in [0.15, 0.2) is 5.11 Å². The summed E-state index contributed by atoms with van der Waals surface area (Å²) in [4.78, 5) is 0. The van der Waals surface area contributed by atoms with E-state index < -0.39 is 5.82 Å². The Morgan fingerprint density at radius 3 is 2.83 bits per heavy atom. The molecule has 0 amide bonds. The Hall–Kier alpha value is -2.18. The third-order valence-corrected chi connectivity index (χ3v) is 3.60. The first-order chi connectivity index (χ1) is 11.1. The van der Waals surface area contributed by atoms with Crippen molar-refractivity contribution in [3.63, 3.8) is 0 Å². The molecule has 0 saturated carbocycles. The lowest BCUT2D eigenvalue weighted by Crippen LogP contribution is -2.28. The van der Waals surface area contributed by atoms with E-state index in [0.717, 1.165) is 5.56 Å². The number of rotatable bonds is 5. The van der Waals surface area contributed by atoms with Crippen LogP contribution in [0.3, 0.4) is 0 Å². The fourth-order valence-electron chi connectivity index (χ4n) is 1.76. The largest absolute Gasteiger partial charge is 0.488 e. The lowest BCUT2D eigenvalue weighted by molar-refractivity contribution is 0.299. The number of halogens is 2. The van der Waals surface area contributed by atoms with Gasteiger partial charge in [-0.05, 0) is 36.5 Å². The van der Waals surface area contributed by atoms with Gasteiger partial charge in [-0.2, -0.15) is 5.10 Å². The molecule has 0 atom stereocenters. The van der Waals surface area contributed by atoms with Crippen LogP contribution in [0.4, 0.5) is 4.39 Å². The number of ether oxygens (including phenoxy) is 1. The van der Waals surface area contributed by atoms with Gasteiger partial charge < -0.3 is 10.1 Å². The molecule has 0 unspecified atom stereocenters. The lowest BCUT2D eigenvalue weighted by atomic mass is 10.2. The first-order valence-electron chi connectivity index (χ1n) is 6.77. The minimum atomic E-state index is -0.398. The van der Waals surface area contributed by atoms with Gasteiger partial charge in [0.05, 0.1) is 11.2 Å². The molecule has 0 fully saturated rings. The van der Waals surface area contributed by atoms with Crippen LogP contribution < -0.4 is 15.5 Å². The number of thiocarbonyl (C=S) groups is 1. The molecule has 2 aromatic carbocycles. The Balaban J connectivity index is 2.10. The Morgan fingerprint density at radius 2 is 2.09 bits per heavy atom. The molecule has 0 aliphatic rings. The number of para-hydroxylation sites is 1. The molecule has 0 bridgehead atoms. The number of nitrogens with one attached hydrogen (secondary N) is 2. The maximum Gasteiger partial charge on any atom is 0.186 e. The summed E-state index contributed by atoms with van der Waals surface area (Å²) in [5.41, 5.74) is 3.70. The lowest BCUT2D eigenvalue weighted by Gasteiger charge is -2.11. The van der Waals surface area contributed by atoms with Crippen LogP contribution in [0.5, 0.6) is 5.75 Å². The Kier molecular flexibility index (Phi) is 6.31. The number of hydrazone groups is 1. The molecule has 0 aliphatic carbocycles. The van der Waals surface area contributed by atoms with Crippen molar-refractivity contribution in [2.24, 2.45) is 5.10 Å². The highest BCUT2D eigenvalue weighted by Crippen LogP contribution is 2.23. The van der Waals surface area contributed by atoms with Gasteiger partial charge in [0.1, 0.15) is 18.2 Å². The zero-order valence-electron chi connectivity index (χ0n) is 12.3. The molecule has 2 rings (SSSR count). The SMILES string of the molecule is CNC(=S)N/N=C/c1ccccc1OCc1c(F)cccc1Cl. The molecule has 4 nitrogen and oxygen atoms in total. The van der Waals surface area contributed by atoms with Crippen molar-refractivity contribution in [1.29, 1.82) is 0 Å². The number of hydrogen-bond acceptors (Lipinski definition) is 3. The zero-order valence-corrected chi connectivity index (χ0v) is 13.9. The summed E-state index contributed by atoms with van der Waals surface area (Å²) in [6.45, 7) is 0.0265. The molecular formula is C16H15ClFN3OS. The zero-order chi connectivity index (χ0) is 16.7. The third-order valence-electron chi connectivity index (χ3n) is 2.95. The monoisotopic (exact) mass is 351 g/mol. The van der Waals surface area contributed by atoms with Gasteiger partial charge >= 0.3 is 0 Å². The fourth-order valence-corrected chi connectivity index (χ4v) is 2.03. The van der Waals surface area contributed by atoms with Gasteiger partial charge in [-0.1, -0.05) is 29.8 Å². The van der Waals surface area contributed by atoms with Crippen molar-refractivity contribution >= 4 is 35.1 Å². The molecule has 0 radical (unpaired) electrons. The minimum absolute atomic E-state index is 0.0265. The van der Waals surface area contributed by atoms with Crippen molar-refractivity contribution in [3.05, 3.63) is 64.4 Å². The van der Waals surface area contributed by atoms with E-state index >= 15 is 0 Å². The van der Waals surface area contributed by atoms with Crippen LogP contribution in [-0.2, 0) is 6.61 Å². The summed E-state index contributed by atoms with van der Waals surface area (Å²) in [6, 6.07) is 11.8. The van der Waals surface area contributed by atoms with Crippen molar-refractivity contribution in [3.8, 4) is 5.75 Å². The Morgan fingerprint density at radius 1 is 1.30 bits per heavy atom. The predicted octanol–water partition coefficient (Wildman–Crippen LogP) is 3.49. The van der Waals surface area contributed by atoms with Crippen LogP contribution in [0.1, 0.15) is 11.1 Å². The second-order valence-electron chi connectivity index (χ2n) is 4.48. The molecule has 120 valence electrons. The summed E-state index contributed by atoms with van der Waals surface area (Å²) in [7, 11) is 1.69. The van der Waals surface area contributed by atoms with Crippen LogP contribution in [0, 0.1) is 5.82 Å². The van der Waals surface area contributed by atoms with Gasteiger partial charge in [-0.15, -0.1) is 0 Å². The van der Waals surface area contributed by atoms with Gasteiger partial charge in [0.25, 0.3) is 0 Å². The Labute approximate surface area is 144 Å². The molecule has 0 saturated heterocycles. The molecular weight excluding hydrogens is 337 g/mol. The number of benzene rings is 2. The first-order valence-corrected chi connectivity index (χ1v) is 7.56. The second kappa shape index (κ2) is 8.45. The predicted molar refractivity (Wildman–Crippen MR) is 94.6 cm³/mol. The van der Waals surface area contributed by atoms with Gasteiger partial charge in [-0.25, -0.2) is 4.39 Å². The maximum atomic E-state index is 13.8. The molecule has 2 aromatic rings. The Bertz CT molecular complexity index is 704. The summed E-state index contributed by atoms with van der Waals surface area (Å²) in [6.07, 6.45) is 1.57. The van der Waals surface area contributed by atoms with E-state index in [1.807, 2.05) is 18.2 Å². The van der Waals surface area contributed by atoms with Crippen molar-refractivity contribution in [1.82, 2.24) is 10.7 Å². The average Bonchev–Trinajstić information content (AvgIpc) is 2.55. The van der Waals surface area contributed by atoms with Crippen molar-refractivity contribution < 1.29 is 9.13 Å². The molecule has 0 aromatic heterocycles. The molecule has 2 N–H and O–H groups in total. The number of hydrogen-bond donors (Lipinski definition) is 2. The highest BCUT2D eigenvalue weighted by atomic mass is 35.5. The normalized spacial score (nSPS) is 10.6. The third kappa shape index (κ3) is 4.91. The van der Waals surface area contributed by atoms with E-state index in [4.69, 9.17) is 28.6 Å². The van der Waals surface area contributed by atoms with Crippen LogP contribution in [0.25, 0.3) is 0 Å². The maximum absolute atomic E-state index is 13.8. The van der Waals surface area contributed by atoms with Gasteiger partial charge in [0.2, 0.25) is 0 Å². The van der Waals surface area contributed by atoms with Crippen LogP contribution in [0.15, 0.2) is 47.6 Å². The summed E-state index contributed by atoms with van der Waals surface area (Å²) in [5.74, 6) is 0.164. The standard InChI is InChI=1S/C16H15ClFN3OS/c1-19-16(23)21-20-9-11-5-2-3-8-15(11)22-10-12-13(17)6-4-7-14(12)18/h2-9H,10H2,1H3,(H2,19,21,23)/b20-9+. The first kappa shape index (κ1) is 17.2. The van der Waals surface area contributed by atoms with E-state index in [2.05, 4.69) is 15.8 Å². The molecule has 0 aliphatic heterocycles. The molecule has 7 heteroatoms. The smallest absolute Gasteiger partial charge is 0.186 e.